The zero-order valence-corrected chi connectivity index (χ0v) is 21.3. The van der Waals surface area contributed by atoms with Gasteiger partial charge in [-0.3, -0.25) is 4.31 Å². The molecule has 0 amide bonds. The minimum atomic E-state index is -3.79. The molecule has 0 N–H and O–H groups in total. The van der Waals surface area contributed by atoms with Crippen molar-refractivity contribution in [3.05, 3.63) is 77.2 Å². The van der Waals surface area contributed by atoms with Gasteiger partial charge in [-0.1, -0.05) is 30.7 Å². The lowest BCUT2D eigenvalue weighted by atomic mass is 9.58. The molecule has 1 saturated carbocycles. The second kappa shape index (κ2) is 7.66. The van der Waals surface area contributed by atoms with Gasteiger partial charge >= 0.3 is 0 Å². The Morgan fingerprint density at radius 1 is 1.09 bits per heavy atom. The highest BCUT2D eigenvalue weighted by Gasteiger charge is 2.48. The van der Waals surface area contributed by atoms with Gasteiger partial charge in [0.25, 0.3) is 10.0 Å². The Bertz CT molecular complexity index is 1570. The molecule has 0 radical (unpaired) electrons. The highest BCUT2D eigenvalue weighted by molar-refractivity contribution is 7.93. The molecule has 6 rings (SSSR count). The van der Waals surface area contributed by atoms with Crippen LogP contribution < -0.4 is 4.31 Å². The van der Waals surface area contributed by atoms with Crippen LogP contribution in [-0.2, 0) is 36.1 Å². The van der Waals surface area contributed by atoms with Gasteiger partial charge in [0.15, 0.2) is 0 Å². The molecule has 10 heteroatoms. The topological polar surface area (TPSA) is 85.9 Å². The number of hydrogen-bond acceptors (Lipinski definition) is 5. The fraction of sp³-hybridized carbons (Fsp3) is 0.320. The summed E-state index contributed by atoms with van der Waals surface area (Å²) in [4.78, 5) is 4.39. The van der Waals surface area contributed by atoms with Gasteiger partial charge in [0.05, 0.1) is 40.8 Å². The summed E-state index contributed by atoms with van der Waals surface area (Å²) in [6.45, 7) is 2.42. The van der Waals surface area contributed by atoms with E-state index in [4.69, 9.17) is 11.6 Å². The predicted octanol–water partition coefficient (Wildman–Crippen LogP) is 4.29. The van der Waals surface area contributed by atoms with Crippen molar-refractivity contribution < 1.29 is 8.42 Å². The zero-order valence-electron chi connectivity index (χ0n) is 19.7. The Labute approximate surface area is 209 Å². The summed E-state index contributed by atoms with van der Waals surface area (Å²) in [5.74, 6) is 1.46. The number of aryl methyl sites for hydroxylation is 2. The van der Waals surface area contributed by atoms with Gasteiger partial charge in [0.2, 0.25) is 0 Å². The average Bonchev–Trinajstić information content (AvgIpc) is 3.49. The maximum atomic E-state index is 13.7. The summed E-state index contributed by atoms with van der Waals surface area (Å²) in [5.41, 5.74) is 3.53. The Hall–Kier alpha value is -3.17. The molecule has 4 aromatic rings. The molecule has 2 aliphatic rings. The average molecular weight is 509 g/mol. The van der Waals surface area contributed by atoms with Gasteiger partial charge < -0.3 is 9.13 Å². The Kier molecular flexibility index (Phi) is 4.88. The molecule has 1 aliphatic carbocycles. The van der Waals surface area contributed by atoms with Crippen LogP contribution in [0.5, 0.6) is 0 Å². The summed E-state index contributed by atoms with van der Waals surface area (Å²) < 4.78 is 32.7. The molecule has 8 nitrogen and oxygen atoms in total. The summed E-state index contributed by atoms with van der Waals surface area (Å²) >= 11 is 6.62. The van der Waals surface area contributed by atoms with E-state index in [2.05, 4.69) is 28.2 Å². The lowest BCUT2D eigenvalue weighted by Gasteiger charge is -2.46. The smallest absolute Gasteiger partial charge is 0.265 e. The van der Waals surface area contributed by atoms with E-state index in [1.54, 1.807) is 24.9 Å². The van der Waals surface area contributed by atoms with E-state index in [1.165, 1.54) is 4.31 Å². The third-order valence-corrected chi connectivity index (χ3v) is 9.53. The maximum absolute atomic E-state index is 13.7. The van der Waals surface area contributed by atoms with Crippen LogP contribution in [-0.4, -0.2) is 32.7 Å². The lowest BCUT2D eigenvalue weighted by Crippen LogP contribution is -2.43. The molecule has 0 spiro atoms. The molecule has 2 aromatic heterocycles. The number of fused-ring (bicyclic) bond motifs is 1. The van der Waals surface area contributed by atoms with Crippen LogP contribution in [0.1, 0.15) is 36.7 Å². The van der Waals surface area contributed by atoms with Crippen LogP contribution in [0.4, 0.5) is 5.69 Å². The molecule has 0 saturated heterocycles. The van der Waals surface area contributed by atoms with Crippen molar-refractivity contribution in [2.45, 2.75) is 36.6 Å². The number of hydrogen-bond donors (Lipinski definition) is 0. The van der Waals surface area contributed by atoms with Gasteiger partial charge in [0.1, 0.15) is 12.2 Å². The van der Waals surface area contributed by atoms with Crippen LogP contribution in [0.15, 0.2) is 60.1 Å². The van der Waals surface area contributed by atoms with Crippen LogP contribution >= 0.6 is 11.6 Å². The quantitative estimate of drug-likeness (QED) is 0.410. The first-order valence-corrected chi connectivity index (χ1v) is 13.3. The van der Waals surface area contributed by atoms with E-state index >= 15 is 0 Å². The highest BCUT2D eigenvalue weighted by Crippen LogP contribution is 2.52. The Morgan fingerprint density at radius 2 is 1.89 bits per heavy atom. The minimum Gasteiger partial charge on any atom is -0.334 e. The van der Waals surface area contributed by atoms with Crippen molar-refractivity contribution in [3.63, 3.8) is 0 Å². The molecule has 35 heavy (non-hydrogen) atoms. The number of nitrogens with zero attached hydrogens (tertiary/aromatic N) is 6. The first kappa shape index (κ1) is 22.3. The zero-order chi connectivity index (χ0) is 24.5. The molecule has 0 atom stereocenters. The van der Waals surface area contributed by atoms with E-state index in [9.17, 15) is 8.42 Å². The monoisotopic (exact) mass is 508 g/mol. The predicted molar refractivity (Wildman–Crippen MR) is 134 cm³/mol. The largest absolute Gasteiger partial charge is 0.334 e. The molecular weight excluding hydrogens is 484 g/mol. The molecule has 1 fully saturated rings. The van der Waals surface area contributed by atoms with Crippen molar-refractivity contribution in [1.82, 2.24) is 24.3 Å². The second-order valence-corrected chi connectivity index (χ2v) is 12.0. The van der Waals surface area contributed by atoms with Gasteiger partial charge in [-0.15, -0.1) is 10.2 Å². The van der Waals surface area contributed by atoms with Crippen molar-refractivity contribution in [2.75, 3.05) is 4.31 Å². The van der Waals surface area contributed by atoms with E-state index in [0.717, 1.165) is 35.5 Å². The maximum Gasteiger partial charge on any atom is 0.265 e. The van der Waals surface area contributed by atoms with E-state index in [0.29, 0.717) is 22.2 Å². The van der Waals surface area contributed by atoms with Crippen LogP contribution in [0, 0.1) is 5.92 Å². The van der Waals surface area contributed by atoms with Gasteiger partial charge in [-0.05, 0) is 48.6 Å². The molecule has 0 bridgehead atoms. The third kappa shape index (κ3) is 3.25. The number of rotatable bonds is 4. The third-order valence-electron chi connectivity index (χ3n) is 7.36. The van der Waals surface area contributed by atoms with Crippen molar-refractivity contribution >= 4 is 27.3 Å². The van der Waals surface area contributed by atoms with Crippen LogP contribution in [0.3, 0.4) is 0 Å². The fourth-order valence-electron chi connectivity index (χ4n) is 5.71. The van der Waals surface area contributed by atoms with Crippen molar-refractivity contribution in [2.24, 2.45) is 20.0 Å². The fourth-order valence-corrected chi connectivity index (χ4v) is 7.73. The molecule has 1 aliphatic heterocycles. The second-order valence-electron chi connectivity index (χ2n) is 9.75. The molecule has 180 valence electrons. The summed E-state index contributed by atoms with van der Waals surface area (Å²) in [6, 6.07) is 11.3. The van der Waals surface area contributed by atoms with Gasteiger partial charge in [-0.25, -0.2) is 13.4 Å². The number of sulfonamides is 1. The van der Waals surface area contributed by atoms with E-state index in [1.807, 2.05) is 47.5 Å². The van der Waals surface area contributed by atoms with E-state index < -0.39 is 10.0 Å². The number of halogens is 1. The van der Waals surface area contributed by atoms with Crippen molar-refractivity contribution in [1.29, 1.82) is 0 Å². The molecular formula is C25H25ClN6O2S. The normalized spacial score (nSPS) is 22.7. The summed E-state index contributed by atoms with van der Waals surface area (Å²) in [5, 5.41) is 8.95. The summed E-state index contributed by atoms with van der Waals surface area (Å²) in [7, 11) is 0.0308. The Morgan fingerprint density at radius 3 is 2.54 bits per heavy atom. The number of anilines is 1. The van der Waals surface area contributed by atoms with Crippen LogP contribution in [0.25, 0.3) is 11.3 Å². The van der Waals surface area contributed by atoms with Gasteiger partial charge in [-0.2, -0.15) is 0 Å². The molecule has 2 aromatic carbocycles. The summed E-state index contributed by atoms with van der Waals surface area (Å²) in [6.07, 6.45) is 6.97. The standard InChI is InChI=1S/C25H25ClN6O2S/c1-16-10-25(11-16,24-29-28-15-31(24)3)18-5-4-6-19(9-18)32-13-20-21(26)7-17(8-23(20)35(32,33)34)22-12-27-14-30(22)2/h4-9,12,14-16H,10-11,13H2,1-3H3. The minimum absolute atomic E-state index is 0.193. The highest BCUT2D eigenvalue weighted by atomic mass is 35.5. The molecule has 3 heterocycles. The number of benzene rings is 2. The first-order valence-electron chi connectivity index (χ1n) is 11.5. The van der Waals surface area contributed by atoms with Gasteiger partial charge in [0, 0.05) is 30.2 Å². The number of imidazole rings is 1. The Balaban J connectivity index is 1.42. The SMILES string of the molecule is CC1CC(c2cccc(N3Cc4c(Cl)cc(-c5cncn5C)cc4S3(=O)=O)c2)(c2nncn2C)C1. The number of aromatic nitrogens is 5. The van der Waals surface area contributed by atoms with Crippen LogP contribution in [0.2, 0.25) is 5.02 Å². The first-order chi connectivity index (χ1) is 16.7. The van der Waals surface area contributed by atoms with E-state index in [-0.39, 0.29) is 16.9 Å². The molecule has 0 unspecified atom stereocenters. The van der Waals surface area contributed by atoms with Crippen molar-refractivity contribution in [3.8, 4) is 11.3 Å². The lowest BCUT2D eigenvalue weighted by molar-refractivity contribution is 0.185.